The Hall–Kier alpha value is -5.46. The molecular weight excluding hydrogens is 593 g/mol. The molecule has 1 aliphatic rings. The van der Waals surface area contributed by atoms with E-state index in [1.165, 1.54) is 10.6 Å². The number of pyridine rings is 1. The summed E-state index contributed by atoms with van der Waals surface area (Å²) in [5, 5.41) is 4.65. The highest BCUT2D eigenvalue weighted by molar-refractivity contribution is 5.84. The minimum absolute atomic E-state index is 0.0249. The van der Waals surface area contributed by atoms with E-state index in [-0.39, 0.29) is 43.2 Å². The lowest BCUT2D eigenvalue weighted by Crippen LogP contribution is -2.21. The van der Waals surface area contributed by atoms with E-state index in [0.717, 1.165) is 24.0 Å². The van der Waals surface area contributed by atoms with E-state index in [2.05, 4.69) is 20.1 Å². The van der Waals surface area contributed by atoms with Gasteiger partial charge in [-0.3, -0.25) is 23.6 Å². The van der Waals surface area contributed by atoms with Gasteiger partial charge in [-0.05, 0) is 60.4 Å². The minimum atomic E-state index is -0.647. The number of carbonyl (C=O) groups is 2. The lowest BCUT2D eigenvalue weighted by atomic mass is 10.0. The highest BCUT2D eigenvalue weighted by Crippen LogP contribution is 2.41. The number of nitrogen functional groups attached to an aromatic ring is 1. The number of halogens is 1. The van der Waals surface area contributed by atoms with Gasteiger partial charge in [0.2, 0.25) is 5.95 Å². The molecule has 0 bridgehead atoms. The van der Waals surface area contributed by atoms with Gasteiger partial charge in [0.15, 0.2) is 5.82 Å². The molecule has 2 aromatic carbocycles. The summed E-state index contributed by atoms with van der Waals surface area (Å²) in [4.78, 5) is 51.6. The SMILES string of the molecule is CCOC(=O)CCC(=O)OCc1c(-c2nc(N)nc(Cc3cnn(C)c3)n2)cccc1-n1ccc2cc(C3CC3)cc(F)c2c1=O. The molecule has 236 valence electrons. The van der Waals surface area contributed by atoms with Crippen LogP contribution in [0.3, 0.4) is 0 Å². The Kier molecular flexibility index (Phi) is 8.55. The van der Waals surface area contributed by atoms with Crippen molar-refractivity contribution in [3.8, 4) is 17.1 Å². The lowest BCUT2D eigenvalue weighted by Gasteiger charge is -2.17. The number of anilines is 1. The Morgan fingerprint density at radius 2 is 1.85 bits per heavy atom. The second-order valence-electron chi connectivity index (χ2n) is 11.1. The number of esters is 2. The second-order valence-corrected chi connectivity index (χ2v) is 11.1. The van der Waals surface area contributed by atoms with Crippen molar-refractivity contribution in [2.75, 3.05) is 12.3 Å². The normalized spacial score (nSPS) is 12.8. The topological polar surface area (TPSA) is 157 Å². The number of nitrogens with zero attached hydrogens (tertiary/aromatic N) is 6. The summed E-state index contributed by atoms with van der Waals surface area (Å²) >= 11 is 0. The number of aryl methyl sites for hydroxylation is 1. The van der Waals surface area contributed by atoms with Crippen LogP contribution in [0.4, 0.5) is 10.3 Å². The first-order valence-electron chi connectivity index (χ1n) is 15.0. The van der Waals surface area contributed by atoms with E-state index in [9.17, 15) is 14.4 Å². The maximum atomic E-state index is 15.4. The lowest BCUT2D eigenvalue weighted by molar-refractivity contribution is -0.150. The van der Waals surface area contributed by atoms with Gasteiger partial charge in [-0.1, -0.05) is 18.2 Å². The molecule has 3 heterocycles. The van der Waals surface area contributed by atoms with E-state index in [1.54, 1.807) is 55.3 Å². The zero-order valence-corrected chi connectivity index (χ0v) is 25.4. The standard InChI is InChI=1S/C33H32FN7O5/c1-3-45-28(42)9-10-29(43)46-18-24-23(31-37-27(38-33(35)39-31)13-19-16-36-40(2)17-19)5-4-6-26(24)41-12-11-21-14-22(20-7-8-20)15-25(34)30(21)32(41)44/h4-6,11-12,14-17,20H,3,7-10,13,18H2,1-2H3,(H2,35,37,38,39). The fraction of sp³-hybridized carbons (Fsp3) is 0.303. The molecule has 1 fully saturated rings. The molecule has 0 amide bonds. The summed E-state index contributed by atoms with van der Waals surface area (Å²) in [7, 11) is 1.80. The Morgan fingerprint density at radius 1 is 1.07 bits per heavy atom. The van der Waals surface area contributed by atoms with Gasteiger partial charge in [0.1, 0.15) is 18.2 Å². The average Bonchev–Trinajstić information content (AvgIpc) is 3.80. The Morgan fingerprint density at radius 3 is 2.57 bits per heavy atom. The molecule has 3 aromatic heterocycles. The van der Waals surface area contributed by atoms with Crippen molar-refractivity contribution in [2.45, 2.75) is 51.6 Å². The molecule has 0 unspecified atom stereocenters. The molecule has 1 aliphatic carbocycles. The second kappa shape index (κ2) is 12.9. The fourth-order valence-electron chi connectivity index (χ4n) is 5.40. The molecule has 0 radical (unpaired) electrons. The van der Waals surface area contributed by atoms with Crippen LogP contribution in [-0.2, 0) is 39.1 Å². The van der Waals surface area contributed by atoms with E-state index in [1.807, 2.05) is 12.3 Å². The summed E-state index contributed by atoms with van der Waals surface area (Å²) in [6.07, 6.45) is 7.09. The van der Waals surface area contributed by atoms with Crippen LogP contribution in [-0.4, -0.2) is 47.8 Å². The molecule has 6 rings (SSSR count). The molecule has 5 aromatic rings. The maximum Gasteiger partial charge on any atom is 0.306 e. The molecule has 0 saturated heterocycles. The van der Waals surface area contributed by atoms with Crippen molar-refractivity contribution in [1.82, 2.24) is 29.3 Å². The van der Waals surface area contributed by atoms with Crippen molar-refractivity contribution in [2.24, 2.45) is 7.05 Å². The molecule has 46 heavy (non-hydrogen) atoms. The number of hydrogen-bond acceptors (Lipinski definition) is 10. The molecule has 0 atom stereocenters. The van der Waals surface area contributed by atoms with E-state index in [0.29, 0.717) is 40.4 Å². The number of nitrogens with two attached hydrogens (primary N) is 1. The van der Waals surface area contributed by atoms with Crippen molar-refractivity contribution in [1.29, 1.82) is 0 Å². The van der Waals surface area contributed by atoms with Crippen LogP contribution >= 0.6 is 0 Å². The Balaban J connectivity index is 1.42. The number of ether oxygens (including phenoxy) is 2. The van der Waals surface area contributed by atoms with Gasteiger partial charge >= 0.3 is 11.9 Å². The van der Waals surface area contributed by atoms with Crippen molar-refractivity contribution >= 4 is 28.7 Å². The molecule has 0 aliphatic heterocycles. The highest BCUT2D eigenvalue weighted by atomic mass is 19.1. The van der Waals surface area contributed by atoms with Crippen LogP contribution in [0.15, 0.2) is 59.8 Å². The van der Waals surface area contributed by atoms with Gasteiger partial charge in [-0.15, -0.1) is 0 Å². The van der Waals surface area contributed by atoms with Crippen LogP contribution in [0, 0.1) is 5.82 Å². The Labute approximate surface area is 263 Å². The van der Waals surface area contributed by atoms with Crippen LogP contribution in [0.1, 0.15) is 61.0 Å². The molecule has 13 heteroatoms. The summed E-state index contributed by atoms with van der Waals surface area (Å²) in [6, 6.07) is 10.1. The average molecular weight is 626 g/mol. The highest BCUT2D eigenvalue weighted by Gasteiger charge is 2.26. The summed E-state index contributed by atoms with van der Waals surface area (Å²) in [5.74, 6) is -0.883. The third-order valence-corrected chi connectivity index (χ3v) is 7.72. The molecule has 1 saturated carbocycles. The number of fused-ring (bicyclic) bond motifs is 1. The summed E-state index contributed by atoms with van der Waals surface area (Å²) < 4.78 is 28.9. The third kappa shape index (κ3) is 6.63. The monoisotopic (exact) mass is 625 g/mol. The van der Waals surface area contributed by atoms with Crippen LogP contribution < -0.4 is 11.3 Å². The van der Waals surface area contributed by atoms with Crippen LogP contribution in [0.5, 0.6) is 0 Å². The predicted octanol–water partition coefficient (Wildman–Crippen LogP) is 4.15. The molecule has 12 nitrogen and oxygen atoms in total. The first kappa shape index (κ1) is 30.6. The quantitative estimate of drug-likeness (QED) is 0.212. The Bertz CT molecular complexity index is 2020. The third-order valence-electron chi connectivity index (χ3n) is 7.72. The number of benzene rings is 2. The van der Waals surface area contributed by atoms with Crippen molar-refractivity contribution in [3.63, 3.8) is 0 Å². The van der Waals surface area contributed by atoms with E-state index in [4.69, 9.17) is 15.2 Å². The first-order valence-corrected chi connectivity index (χ1v) is 15.0. The minimum Gasteiger partial charge on any atom is -0.466 e. The zero-order chi connectivity index (χ0) is 32.4. The molecule has 2 N–H and O–H groups in total. The number of rotatable bonds is 11. The summed E-state index contributed by atoms with van der Waals surface area (Å²) in [5.41, 5.74) is 8.41. The molecule has 0 spiro atoms. The van der Waals surface area contributed by atoms with Gasteiger partial charge in [0.05, 0.1) is 36.7 Å². The number of aromatic nitrogens is 6. The summed E-state index contributed by atoms with van der Waals surface area (Å²) in [6.45, 7) is 1.58. The van der Waals surface area contributed by atoms with Gasteiger partial charge in [-0.2, -0.15) is 15.1 Å². The van der Waals surface area contributed by atoms with Crippen LogP contribution in [0.2, 0.25) is 0 Å². The van der Waals surface area contributed by atoms with Crippen molar-refractivity contribution in [3.05, 3.63) is 93.7 Å². The van der Waals surface area contributed by atoms with Gasteiger partial charge < -0.3 is 15.2 Å². The number of hydrogen-bond donors (Lipinski definition) is 1. The van der Waals surface area contributed by atoms with Gasteiger partial charge in [0, 0.05) is 37.0 Å². The first-order chi connectivity index (χ1) is 22.2. The molecular formula is C33H32FN7O5. The van der Waals surface area contributed by atoms with Crippen molar-refractivity contribution < 1.29 is 23.5 Å². The van der Waals surface area contributed by atoms with Gasteiger partial charge in [-0.25, -0.2) is 9.37 Å². The van der Waals surface area contributed by atoms with E-state index < -0.39 is 23.3 Å². The van der Waals surface area contributed by atoms with E-state index >= 15 is 4.39 Å². The fourth-order valence-corrected chi connectivity index (χ4v) is 5.40. The van der Waals surface area contributed by atoms with Gasteiger partial charge in [0.25, 0.3) is 5.56 Å². The van der Waals surface area contributed by atoms with Crippen LogP contribution in [0.25, 0.3) is 27.8 Å². The largest absolute Gasteiger partial charge is 0.466 e. The predicted molar refractivity (Wildman–Crippen MR) is 166 cm³/mol. The zero-order valence-electron chi connectivity index (χ0n) is 25.4. The number of carbonyl (C=O) groups excluding carboxylic acids is 2. The maximum absolute atomic E-state index is 15.4. The smallest absolute Gasteiger partial charge is 0.306 e.